The summed E-state index contributed by atoms with van der Waals surface area (Å²) >= 11 is 5.14. The monoisotopic (exact) mass is 339 g/mol. The Hall–Kier alpha value is -2.60. The molecule has 24 heavy (non-hydrogen) atoms. The summed E-state index contributed by atoms with van der Waals surface area (Å²) in [5.41, 5.74) is 10.6. The lowest BCUT2D eigenvalue weighted by atomic mass is 10.1. The first kappa shape index (κ1) is 15.0. The Morgan fingerprint density at radius 2 is 2.04 bits per heavy atom. The zero-order chi connectivity index (χ0) is 16.7. The van der Waals surface area contributed by atoms with Crippen LogP contribution in [0.5, 0.6) is 11.5 Å². The van der Waals surface area contributed by atoms with Crippen LogP contribution >= 0.6 is 12.2 Å². The SMILES string of the molecule is Cc1cccn2c(CC(N)=S)c(-c3ccc4c(c3)OCCO4)nc12. The second kappa shape index (κ2) is 5.79. The summed E-state index contributed by atoms with van der Waals surface area (Å²) in [5, 5.41) is 0. The minimum Gasteiger partial charge on any atom is -0.486 e. The Kier molecular flexibility index (Phi) is 3.61. The molecule has 1 aliphatic rings. The maximum atomic E-state index is 5.82. The van der Waals surface area contributed by atoms with E-state index >= 15 is 0 Å². The fraction of sp³-hybridized carbons (Fsp3) is 0.222. The van der Waals surface area contributed by atoms with Gasteiger partial charge in [-0.1, -0.05) is 18.3 Å². The lowest BCUT2D eigenvalue weighted by Crippen LogP contribution is -2.15. The van der Waals surface area contributed by atoms with E-state index in [2.05, 4.69) is 4.40 Å². The van der Waals surface area contributed by atoms with E-state index in [4.69, 9.17) is 32.4 Å². The van der Waals surface area contributed by atoms with Crippen molar-refractivity contribution in [1.29, 1.82) is 0 Å². The van der Waals surface area contributed by atoms with Gasteiger partial charge in [0.25, 0.3) is 0 Å². The first-order chi connectivity index (χ1) is 11.6. The average Bonchev–Trinajstić information content (AvgIpc) is 2.94. The number of ether oxygens (including phenoxy) is 2. The number of thiocarbonyl (C=S) groups is 1. The molecule has 0 bridgehead atoms. The minimum atomic E-state index is 0.442. The Morgan fingerprint density at radius 3 is 2.83 bits per heavy atom. The Bertz CT molecular complexity index is 949. The molecule has 1 aromatic carbocycles. The van der Waals surface area contributed by atoms with Crippen LogP contribution in [0.2, 0.25) is 0 Å². The summed E-state index contributed by atoms with van der Waals surface area (Å²) in [7, 11) is 0. The quantitative estimate of drug-likeness (QED) is 0.744. The molecule has 0 saturated carbocycles. The molecule has 0 amide bonds. The summed E-state index contributed by atoms with van der Waals surface area (Å²) in [4.78, 5) is 5.28. The number of nitrogens with zero attached hydrogens (tertiary/aromatic N) is 2. The van der Waals surface area contributed by atoms with Crippen molar-refractivity contribution in [2.75, 3.05) is 13.2 Å². The fourth-order valence-electron chi connectivity index (χ4n) is 3.01. The third kappa shape index (κ3) is 2.49. The number of nitrogens with two attached hydrogens (primary N) is 1. The van der Waals surface area contributed by atoms with Gasteiger partial charge in [0.2, 0.25) is 0 Å². The Balaban J connectivity index is 1.92. The van der Waals surface area contributed by atoms with E-state index in [0.717, 1.165) is 39.7 Å². The van der Waals surface area contributed by atoms with Crippen molar-refractivity contribution in [3.05, 3.63) is 47.8 Å². The first-order valence-electron chi connectivity index (χ1n) is 7.78. The van der Waals surface area contributed by atoms with E-state index in [1.807, 2.05) is 43.5 Å². The van der Waals surface area contributed by atoms with Gasteiger partial charge in [0.05, 0.1) is 16.4 Å². The van der Waals surface area contributed by atoms with E-state index in [1.54, 1.807) is 0 Å². The van der Waals surface area contributed by atoms with Crippen molar-refractivity contribution in [3.8, 4) is 22.8 Å². The van der Waals surface area contributed by atoms with Crippen molar-refractivity contribution < 1.29 is 9.47 Å². The number of pyridine rings is 1. The smallest absolute Gasteiger partial charge is 0.162 e. The third-order valence-corrected chi connectivity index (χ3v) is 4.25. The van der Waals surface area contributed by atoms with Crippen LogP contribution < -0.4 is 15.2 Å². The second-order valence-corrected chi connectivity index (χ2v) is 6.32. The predicted molar refractivity (Wildman–Crippen MR) is 96.8 cm³/mol. The van der Waals surface area contributed by atoms with Gasteiger partial charge in [-0.2, -0.15) is 0 Å². The van der Waals surface area contributed by atoms with Gasteiger partial charge in [0, 0.05) is 18.2 Å². The van der Waals surface area contributed by atoms with Gasteiger partial charge in [-0.15, -0.1) is 0 Å². The van der Waals surface area contributed by atoms with Gasteiger partial charge < -0.3 is 19.6 Å². The number of imidazole rings is 1. The topological polar surface area (TPSA) is 61.8 Å². The summed E-state index contributed by atoms with van der Waals surface area (Å²) < 4.78 is 13.3. The van der Waals surface area contributed by atoms with Crippen LogP contribution in [0.1, 0.15) is 11.3 Å². The van der Waals surface area contributed by atoms with Gasteiger partial charge >= 0.3 is 0 Å². The lowest BCUT2D eigenvalue weighted by molar-refractivity contribution is 0.171. The highest BCUT2D eigenvalue weighted by molar-refractivity contribution is 7.80. The molecule has 0 atom stereocenters. The second-order valence-electron chi connectivity index (χ2n) is 5.79. The first-order valence-corrected chi connectivity index (χ1v) is 8.19. The lowest BCUT2D eigenvalue weighted by Gasteiger charge is -2.18. The highest BCUT2D eigenvalue weighted by atomic mass is 32.1. The zero-order valence-corrected chi connectivity index (χ0v) is 14.1. The molecule has 2 aromatic heterocycles. The fourth-order valence-corrected chi connectivity index (χ4v) is 3.15. The molecule has 6 heteroatoms. The van der Waals surface area contributed by atoms with Crippen molar-refractivity contribution in [1.82, 2.24) is 9.38 Å². The van der Waals surface area contributed by atoms with E-state index in [0.29, 0.717) is 24.6 Å². The maximum absolute atomic E-state index is 5.82. The molecule has 0 unspecified atom stereocenters. The minimum absolute atomic E-state index is 0.442. The summed E-state index contributed by atoms with van der Waals surface area (Å²) in [6.45, 7) is 3.17. The summed E-state index contributed by atoms with van der Waals surface area (Å²) in [5.74, 6) is 1.51. The van der Waals surface area contributed by atoms with Gasteiger partial charge in [-0.3, -0.25) is 0 Å². The largest absolute Gasteiger partial charge is 0.486 e. The Labute approximate surface area is 145 Å². The zero-order valence-electron chi connectivity index (χ0n) is 13.3. The molecule has 122 valence electrons. The molecule has 0 spiro atoms. The predicted octanol–water partition coefficient (Wildman–Crippen LogP) is 2.91. The van der Waals surface area contributed by atoms with E-state index in [9.17, 15) is 0 Å². The van der Waals surface area contributed by atoms with Crippen molar-refractivity contribution in [3.63, 3.8) is 0 Å². The molecule has 0 radical (unpaired) electrons. The van der Waals surface area contributed by atoms with Crippen LogP contribution in [0.3, 0.4) is 0 Å². The molecule has 0 fully saturated rings. The highest BCUT2D eigenvalue weighted by Gasteiger charge is 2.19. The van der Waals surface area contributed by atoms with Gasteiger partial charge in [0.15, 0.2) is 11.5 Å². The standard InChI is InChI=1S/C18H17N3O2S/c1-11-3-2-6-21-13(10-16(19)24)17(20-18(11)21)12-4-5-14-15(9-12)23-8-7-22-14/h2-6,9H,7-8,10H2,1H3,(H2,19,24). The number of hydrogen-bond donors (Lipinski definition) is 1. The average molecular weight is 339 g/mol. The van der Waals surface area contributed by atoms with Crippen LogP contribution in [0.25, 0.3) is 16.9 Å². The van der Waals surface area contributed by atoms with E-state index in [-0.39, 0.29) is 0 Å². The molecular formula is C18H17N3O2S. The number of aryl methyl sites for hydroxylation is 1. The highest BCUT2D eigenvalue weighted by Crippen LogP contribution is 2.35. The maximum Gasteiger partial charge on any atom is 0.162 e. The number of benzene rings is 1. The van der Waals surface area contributed by atoms with Crippen LogP contribution in [0.4, 0.5) is 0 Å². The molecule has 3 aromatic rings. The normalized spacial score (nSPS) is 13.2. The number of hydrogen-bond acceptors (Lipinski definition) is 4. The van der Waals surface area contributed by atoms with Crippen molar-refractivity contribution in [2.24, 2.45) is 5.73 Å². The van der Waals surface area contributed by atoms with E-state index in [1.165, 1.54) is 0 Å². The molecule has 3 heterocycles. The number of fused-ring (bicyclic) bond motifs is 2. The molecule has 1 aliphatic heterocycles. The van der Waals surface area contributed by atoms with Gasteiger partial charge in [0.1, 0.15) is 18.9 Å². The molecule has 5 nitrogen and oxygen atoms in total. The van der Waals surface area contributed by atoms with Crippen molar-refractivity contribution >= 4 is 22.9 Å². The molecular weight excluding hydrogens is 322 g/mol. The Morgan fingerprint density at radius 1 is 1.25 bits per heavy atom. The molecule has 0 saturated heterocycles. The van der Waals surface area contributed by atoms with Crippen LogP contribution in [0.15, 0.2) is 36.5 Å². The van der Waals surface area contributed by atoms with E-state index < -0.39 is 0 Å². The third-order valence-electron chi connectivity index (χ3n) is 4.10. The van der Waals surface area contributed by atoms with Crippen LogP contribution in [-0.2, 0) is 6.42 Å². The molecule has 2 N–H and O–H groups in total. The number of rotatable bonds is 3. The van der Waals surface area contributed by atoms with Crippen LogP contribution in [-0.4, -0.2) is 27.6 Å². The van der Waals surface area contributed by atoms with Gasteiger partial charge in [-0.25, -0.2) is 4.98 Å². The number of aromatic nitrogens is 2. The van der Waals surface area contributed by atoms with Crippen molar-refractivity contribution in [2.45, 2.75) is 13.3 Å². The van der Waals surface area contributed by atoms with Crippen LogP contribution in [0, 0.1) is 6.92 Å². The molecule has 0 aliphatic carbocycles. The van der Waals surface area contributed by atoms with Gasteiger partial charge in [-0.05, 0) is 36.8 Å². The molecule has 4 rings (SSSR count). The summed E-state index contributed by atoms with van der Waals surface area (Å²) in [6, 6.07) is 9.93. The summed E-state index contributed by atoms with van der Waals surface area (Å²) in [6.07, 6.45) is 2.48.